The molecule has 1 nitrogen and oxygen atoms in total. The third kappa shape index (κ3) is 2.56. The lowest BCUT2D eigenvalue weighted by Gasteiger charge is -2.01. The summed E-state index contributed by atoms with van der Waals surface area (Å²) in [5.41, 5.74) is 2.28. The Morgan fingerprint density at radius 2 is 2.07 bits per heavy atom. The van der Waals surface area contributed by atoms with Gasteiger partial charge in [-0.2, -0.15) is 0 Å². The molecule has 0 saturated heterocycles. The SMILES string of the molecule is CCCCCc1[c]nc2ccccc2c1. The van der Waals surface area contributed by atoms with Crippen molar-refractivity contribution in [3.05, 3.63) is 42.1 Å². The molecule has 1 heterocycles. The molecule has 0 fully saturated rings. The van der Waals surface area contributed by atoms with E-state index in [1.807, 2.05) is 12.1 Å². The predicted octanol–water partition coefficient (Wildman–Crippen LogP) is 3.77. The topological polar surface area (TPSA) is 12.9 Å². The van der Waals surface area contributed by atoms with Crippen LogP contribution in [0, 0.1) is 6.20 Å². The van der Waals surface area contributed by atoms with Gasteiger partial charge in [0.15, 0.2) is 0 Å². The number of aromatic nitrogens is 1. The maximum Gasteiger partial charge on any atom is 0.0928 e. The highest BCUT2D eigenvalue weighted by Gasteiger charge is 1.97. The normalized spacial score (nSPS) is 10.7. The fourth-order valence-corrected chi connectivity index (χ4v) is 1.76. The summed E-state index contributed by atoms with van der Waals surface area (Å²) in [6, 6.07) is 10.4. The highest BCUT2D eigenvalue weighted by molar-refractivity contribution is 5.78. The first kappa shape index (κ1) is 10.2. The van der Waals surface area contributed by atoms with Crippen molar-refractivity contribution >= 4 is 10.9 Å². The van der Waals surface area contributed by atoms with E-state index >= 15 is 0 Å². The Labute approximate surface area is 91.2 Å². The zero-order valence-electron chi connectivity index (χ0n) is 9.16. The van der Waals surface area contributed by atoms with E-state index in [4.69, 9.17) is 0 Å². The largest absolute Gasteiger partial charge is 0.246 e. The summed E-state index contributed by atoms with van der Waals surface area (Å²) in [4.78, 5) is 4.33. The summed E-state index contributed by atoms with van der Waals surface area (Å²) in [7, 11) is 0. The summed E-state index contributed by atoms with van der Waals surface area (Å²) in [6.45, 7) is 2.22. The van der Waals surface area contributed by atoms with Crippen LogP contribution in [0.5, 0.6) is 0 Å². The average Bonchev–Trinajstić information content (AvgIpc) is 2.29. The maximum absolute atomic E-state index is 4.33. The second-order valence-electron chi connectivity index (χ2n) is 3.91. The Morgan fingerprint density at radius 1 is 1.20 bits per heavy atom. The molecule has 1 aromatic carbocycles. The Hall–Kier alpha value is -1.37. The van der Waals surface area contributed by atoms with Crippen LogP contribution < -0.4 is 0 Å². The van der Waals surface area contributed by atoms with Gasteiger partial charge in [0.25, 0.3) is 0 Å². The van der Waals surface area contributed by atoms with Crippen LogP contribution in [0.15, 0.2) is 30.3 Å². The van der Waals surface area contributed by atoms with Crippen molar-refractivity contribution < 1.29 is 0 Å². The van der Waals surface area contributed by atoms with Crippen molar-refractivity contribution in [2.75, 3.05) is 0 Å². The van der Waals surface area contributed by atoms with Crippen molar-refractivity contribution in [2.45, 2.75) is 32.6 Å². The number of rotatable bonds is 4. The highest BCUT2D eigenvalue weighted by atomic mass is 14.6. The van der Waals surface area contributed by atoms with Crippen LogP contribution >= 0.6 is 0 Å². The second kappa shape index (κ2) is 4.92. The molecule has 0 N–H and O–H groups in total. The quantitative estimate of drug-likeness (QED) is 0.681. The number of para-hydroxylation sites is 1. The van der Waals surface area contributed by atoms with E-state index in [0.29, 0.717) is 0 Å². The van der Waals surface area contributed by atoms with E-state index in [0.717, 1.165) is 11.9 Å². The number of hydrogen-bond donors (Lipinski definition) is 0. The van der Waals surface area contributed by atoms with Gasteiger partial charge in [-0.3, -0.25) is 0 Å². The van der Waals surface area contributed by atoms with E-state index in [1.54, 1.807) is 0 Å². The molecule has 0 aliphatic rings. The van der Waals surface area contributed by atoms with Gasteiger partial charge < -0.3 is 0 Å². The molecule has 0 aliphatic carbocycles. The van der Waals surface area contributed by atoms with Crippen LogP contribution in [0.25, 0.3) is 10.9 Å². The molecule has 0 unspecified atom stereocenters. The van der Waals surface area contributed by atoms with Crippen LogP contribution in [0.1, 0.15) is 31.7 Å². The van der Waals surface area contributed by atoms with Crippen molar-refractivity contribution in [1.29, 1.82) is 0 Å². The fraction of sp³-hybridized carbons (Fsp3) is 0.357. The summed E-state index contributed by atoms with van der Waals surface area (Å²) < 4.78 is 0. The third-order valence-corrected chi connectivity index (χ3v) is 2.64. The lowest BCUT2D eigenvalue weighted by Crippen LogP contribution is -1.88. The number of aryl methyl sites for hydroxylation is 1. The Morgan fingerprint density at radius 3 is 2.93 bits per heavy atom. The molecule has 0 amide bonds. The average molecular weight is 198 g/mol. The molecular formula is C14H16N. The molecule has 1 aromatic heterocycles. The van der Waals surface area contributed by atoms with Crippen molar-refractivity contribution in [2.24, 2.45) is 0 Å². The van der Waals surface area contributed by atoms with Crippen LogP contribution in [0.4, 0.5) is 0 Å². The lowest BCUT2D eigenvalue weighted by molar-refractivity contribution is 0.716. The minimum absolute atomic E-state index is 1.04. The third-order valence-electron chi connectivity index (χ3n) is 2.64. The molecule has 0 saturated carbocycles. The number of nitrogens with zero attached hydrogens (tertiary/aromatic N) is 1. The number of fused-ring (bicyclic) bond motifs is 1. The molecule has 1 radical (unpaired) electrons. The van der Waals surface area contributed by atoms with Gasteiger partial charge in [0.2, 0.25) is 0 Å². The first-order valence-corrected chi connectivity index (χ1v) is 5.66. The molecular weight excluding hydrogens is 182 g/mol. The highest BCUT2D eigenvalue weighted by Crippen LogP contribution is 2.14. The Kier molecular flexibility index (Phi) is 3.33. The molecule has 0 spiro atoms. The molecule has 2 rings (SSSR count). The van der Waals surface area contributed by atoms with Gasteiger partial charge in [-0.05, 0) is 30.5 Å². The molecule has 2 aromatic rings. The summed E-state index contributed by atoms with van der Waals surface area (Å²) in [5.74, 6) is 0. The van der Waals surface area contributed by atoms with Crippen molar-refractivity contribution in [3.63, 3.8) is 0 Å². The second-order valence-corrected chi connectivity index (χ2v) is 3.91. The Balaban J connectivity index is 2.16. The molecule has 1 heteroatoms. The maximum atomic E-state index is 4.33. The number of unbranched alkanes of at least 4 members (excludes halogenated alkanes) is 2. The molecule has 0 aliphatic heterocycles. The monoisotopic (exact) mass is 198 g/mol. The van der Waals surface area contributed by atoms with E-state index in [-0.39, 0.29) is 0 Å². The fourth-order valence-electron chi connectivity index (χ4n) is 1.76. The number of benzene rings is 1. The van der Waals surface area contributed by atoms with Gasteiger partial charge >= 0.3 is 0 Å². The van der Waals surface area contributed by atoms with Gasteiger partial charge in [0, 0.05) is 5.39 Å². The zero-order valence-corrected chi connectivity index (χ0v) is 9.16. The van der Waals surface area contributed by atoms with Crippen LogP contribution in [-0.2, 0) is 6.42 Å². The van der Waals surface area contributed by atoms with Gasteiger partial charge in [0.05, 0.1) is 11.7 Å². The summed E-state index contributed by atoms with van der Waals surface area (Å²) in [6.07, 6.45) is 8.02. The standard InChI is InChI=1S/C14H16N/c1-2-3-4-7-12-10-13-8-5-6-9-14(13)15-11-12/h5-6,8-10H,2-4,7H2,1H3. The molecule has 77 valence electrons. The van der Waals surface area contributed by atoms with E-state index < -0.39 is 0 Å². The van der Waals surface area contributed by atoms with Crippen LogP contribution in [0.2, 0.25) is 0 Å². The van der Waals surface area contributed by atoms with Crippen molar-refractivity contribution in [1.82, 2.24) is 4.98 Å². The number of pyridine rings is 1. The van der Waals surface area contributed by atoms with Crippen LogP contribution in [0.3, 0.4) is 0 Å². The molecule has 15 heavy (non-hydrogen) atoms. The van der Waals surface area contributed by atoms with Gasteiger partial charge in [-0.25, -0.2) is 4.98 Å². The van der Waals surface area contributed by atoms with E-state index in [1.165, 1.54) is 30.2 Å². The first-order valence-electron chi connectivity index (χ1n) is 5.66. The van der Waals surface area contributed by atoms with Crippen LogP contribution in [-0.4, -0.2) is 4.98 Å². The first-order chi connectivity index (χ1) is 7.40. The molecule has 0 bridgehead atoms. The minimum atomic E-state index is 1.04. The Bertz CT molecular complexity index is 434. The van der Waals surface area contributed by atoms with E-state index in [9.17, 15) is 0 Å². The zero-order chi connectivity index (χ0) is 10.5. The summed E-state index contributed by atoms with van der Waals surface area (Å²) >= 11 is 0. The van der Waals surface area contributed by atoms with Gasteiger partial charge in [0.1, 0.15) is 0 Å². The van der Waals surface area contributed by atoms with Crippen molar-refractivity contribution in [3.8, 4) is 0 Å². The molecule has 0 atom stereocenters. The smallest absolute Gasteiger partial charge is 0.0928 e. The number of hydrogen-bond acceptors (Lipinski definition) is 1. The predicted molar refractivity (Wildman–Crippen MR) is 63.8 cm³/mol. The van der Waals surface area contributed by atoms with Gasteiger partial charge in [-0.1, -0.05) is 38.0 Å². The summed E-state index contributed by atoms with van der Waals surface area (Å²) in [5, 5.41) is 1.22. The minimum Gasteiger partial charge on any atom is -0.246 e. The van der Waals surface area contributed by atoms with Gasteiger partial charge in [-0.15, -0.1) is 0 Å². The lowest BCUT2D eigenvalue weighted by atomic mass is 10.1. The van der Waals surface area contributed by atoms with E-state index in [2.05, 4.69) is 36.3 Å².